The molecule has 0 radical (unpaired) electrons. The fourth-order valence-electron chi connectivity index (χ4n) is 2.61. The molecule has 1 heterocycles. The summed E-state index contributed by atoms with van der Waals surface area (Å²) >= 11 is 1.55. The molecule has 2 atom stereocenters. The highest BCUT2D eigenvalue weighted by Crippen LogP contribution is 2.41. The van der Waals surface area contributed by atoms with Gasteiger partial charge in [0, 0.05) is 18.2 Å². The summed E-state index contributed by atoms with van der Waals surface area (Å²) in [7, 11) is 0. The first kappa shape index (κ1) is 12.9. The van der Waals surface area contributed by atoms with Crippen LogP contribution in [0, 0.1) is 6.92 Å². The Morgan fingerprint density at radius 2 is 2.26 bits per heavy atom. The van der Waals surface area contributed by atoms with Crippen LogP contribution in [0.3, 0.4) is 0 Å². The van der Waals surface area contributed by atoms with Crippen LogP contribution in [-0.4, -0.2) is 32.9 Å². The van der Waals surface area contributed by atoms with Gasteiger partial charge in [0.25, 0.3) is 5.22 Å². The van der Waals surface area contributed by atoms with E-state index >= 15 is 0 Å². The largest absolute Gasteiger partial charge is 0.416 e. The van der Waals surface area contributed by atoms with Gasteiger partial charge in [-0.05, 0) is 32.1 Å². The van der Waals surface area contributed by atoms with Crippen molar-refractivity contribution >= 4 is 17.7 Å². The van der Waals surface area contributed by atoms with Crippen molar-refractivity contribution in [1.29, 1.82) is 0 Å². The Labute approximate surface area is 115 Å². The zero-order chi connectivity index (χ0) is 13.5. The minimum absolute atomic E-state index is 0.232. The van der Waals surface area contributed by atoms with Crippen molar-refractivity contribution in [2.75, 3.05) is 0 Å². The first-order valence-corrected chi connectivity index (χ1v) is 7.50. The van der Waals surface area contributed by atoms with Crippen molar-refractivity contribution in [3.8, 4) is 0 Å². The van der Waals surface area contributed by atoms with E-state index in [9.17, 15) is 4.79 Å². The number of primary amides is 1. The minimum Gasteiger partial charge on any atom is -0.416 e. The third-order valence-electron chi connectivity index (χ3n) is 3.77. The van der Waals surface area contributed by atoms with E-state index < -0.39 is 5.54 Å². The number of aromatic nitrogens is 2. The second-order valence-corrected chi connectivity index (χ2v) is 6.69. The maximum Gasteiger partial charge on any atom is 0.276 e. The fourth-order valence-corrected chi connectivity index (χ4v) is 3.76. The van der Waals surface area contributed by atoms with Gasteiger partial charge in [-0.1, -0.05) is 11.8 Å². The lowest BCUT2D eigenvalue weighted by Gasteiger charge is -2.27. The maximum absolute atomic E-state index is 11.8. The number of hydrogen-bond acceptors (Lipinski definition) is 6. The van der Waals surface area contributed by atoms with Crippen molar-refractivity contribution in [1.82, 2.24) is 15.5 Å². The molecule has 3 N–H and O–H groups in total. The molecule has 2 aliphatic carbocycles. The molecule has 3 rings (SSSR count). The summed E-state index contributed by atoms with van der Waals surface area (Å²) in [6.07, 6.45) is 4.77. The molecule has 1 aromatic rings. The molecular formula is C12H18N4O2S. The third kappa shape index (κ3) is 2.76. The van der Waals surface area contributed by atoms with Crippen LogP contribution in [0.5, 0.6) is 0 Å². The molecule has 0 aromatic carbocycles. The topological polar surface area (TPSA) is 94.0 Å². The zero-order valence-corrected chi connectivity index (χ0v) is 11.7. The molecule has 1 aromatic heterocycles. The molecule has 7 heteroatoms. The van der Waals surface area contributed by atoms with Gasteiger partial charge in [-0.3, -0.25) is 4.79 Å². The van der Waals surface area contributed by atoms with Crippen LogP contribution in [0.15, 0.2) is 9.64 Å². The highest BCUT2D eigenvalue weighted by molar-refractivity contribution is 7.99. The Balaban J connectivity index is 1.65. The van der Waals surface area contributed by atoms with Crippen molar-refractivity contribution in [3.05, 3.63) is 5.89 Å². The van der Waals surface area contributed by atoms with Gasteiger partial charge in [-0.2, -0.15) is 0 Å². The molecule has 104 valence electrons. The average molecular weight is 282 g/mol. The predicted molar refractivity (Wildman–Crippen MR) is 70.6 cm³/mol. The quantitative estimate of drug-likeness (QED) is 0.836. The molecule has 0 bridgehead atoms. The van der Waals surface area contributed by atoms with Gasteiger partial charge in [-0.15, -0.1) is 10.2 Å². The lowest BCUT2D eigenvalue weighted by Crippen LogP contribution is -2.54. The number of rotatable bonds is 5. The molecule has 2 fully saturated rings. The average Bonchev–Trinajstić information content (AvgIpc) is 2.92. The molecule has 1 amide bonds. The van der Waals surface area contributed by atoms with Gasteiger partial charge in [0.1, 0.15) is 0 Å². The summed E-state index contributed by atoms with van der Waals surface area (Å²) in [5.74, 6) is 0.335. The summed E-state index contributed by atoms with van der Waals surface area (Å²) in [6.45, 7) is 1.77. The first-order chi connectivity index (χ1) is 9.07. The highest BCUT2D eigenvalue weighted by atomic mass is 32.2. The summed E-state index contributed by atoms with van der Waals surface area (Å²) in [5, 5.41) is 12.1. The van der Waals surface area contributed by atoms with E-state index in [0.29, 0.717) is 22.4 Å². The summed E-state index contributed by atoms with van der Waals surface area (Å²) in [4.78, 5) is 11.8. The smallest absolute Gasteiger partial charge is 0.276 e. The number of nitrogens with one attached hydrogen (secondary N) is 1. The zero-order valence-electron chi connectivity index (χ0n) is 10.9. The standard InChI is InChI=1S/C12H18N4O2S/c1-7-15-16-11(18-7)19-9-4-5-12(6-9,10(13)17)14-8-2-3-8/h8-9,14H,2-6H2,1H3,(H2,13,17). The molecular weight excluding hydrogens is 264 g/mol. The lowest BCUT2D eigenvalue weighted by molar-refractivity contribution is -0.124. The van der Waals surface area contributed by atoms with Crippen molar-refractivity contribution < 1.29 is 9.21 Å². The first-order valence-electron chi connectivity index (χ1n) is 6.62. The van der Waals surface area contributed by atoms with E-state index in [1.54, 1.807) is 18.7 Å². The molecule has 0 spiro atoms. The highest BCUT2D eigenvalue weighted by Gasteiger charge is 2.47. The number of amides is 1. The number of thioether (sulfide) groups is 1. The van der Waals surface area contributed by atoms with Crippen LogP contribution in [0.1, 0.15) is 38.0 Å². The molecule has 2 unspecified atom stereocenters. The van der Waals surface area contributed by atoms with E-state index in [-0.39, 0.29) is 5.91 Å². The molecule has 0 saturated heterocycles. The van der Waals surface area contributed by atoms with Crippen molar-refractivity contribution in [3.63, 3.8) is 0 Å². The minimum atomic E-state index is -0.534. The Bertz CT molecular complexity index is 488. The number of carbonyl (C=O) groups excluding carboxylic acids is 1. The van der Waals surface area contributed by atoms with Crippen LogP contribution in [0.4, 0.5) is 0 Å². The molecule has 19 heavy (non-hydrogen) atoms. The van der Waals surface area contributed by atoms with Crippen molar-refractivity contribution in [2.45, 2.75) is 61.1 Å². The fraction of sp³-hybridized carbons (Fsp3) is 0.750. The Morgan fingerprint density at radius 3 is 2.84 bits per heavy atom. The molecule has 0 aliphatic heterocycles. The van der Waals surface area contributed by atoms with E-state index in [0.717, 1.165) is 32.1 Å². The van der Waals surface area contributed by atoms with E-state index in [2.05, 4.69) is 15.5 Å². The molecule has 6 nitrogen and oxygen atoms in total. The van der Waals surface area contributed by atoms with Gasteiger partial charge in [0.05, 0.1) is 5.54 Å². The number of nitrogens with two attached hydrogens (primary N) is 1. The predicted octanol–water partition coefficient (Wildman–Crippen LogP) is 0.999. The Hall–Kier alpha value is -1.08. The van der Waals surface area contributed by atoms with Crippen LogP contribution >= 0.6 is 11.8 Å². The van der Waals surface area contributed by atoms with Crippen LogP contribution < -0.4 is 11.1 Å². The SMILES string of the molecule is Cc1nnc(SC2CCC(NC3CC3)(C(N)=O)C2)o1. The number of nitrogens with zero attached hydrogens (tertiary/aromatic N) is 2. The number of aryl methyl sites for hydroxylation is 1. The number of hydrogen-bond donors (Lipinski definition) is 2. The lowest BCUT2D eigenvalue weighted by atomic mass is 9.96. The van der Waals surface area contributed by atoms with E-state index in [1.807, 2.05) is 0 Å². The second-order valence-electron chi connectivity index (χ2n) is 5.43. The maximum atomic E-state index is 11.8. The molecule has 2 saturated carbocycles. The molecule has 2 aliphatic rings. The summed E-state index contributed by atoms with van der Waals surface area (Å²) in [6, 6.07) is 0.474. The van der Waals surface area contributed by atoms with Gasteiger partial charge in [0.15, 0.2) is 0 Å². The van der Waals surface area contributed by atoms with E-state index in [4.69, 9.17) is 10.2 Å². The van der Waals surface area contributed by atoms with Crippen LogP contribution in [-0.2, 0) is 4.79 Å². The van der Waals surface area contributed by atoms with Gasteiger partial charge < -0.3 is 15.5 Å². The summed E-state index contributed by atoms with van der Waals surface area (Å²) < 4.78 is 5.37. The normalized spacial score (nSPS) is 30.7. The van der Waals surface area contributed by atoms with E-state index in [1.165, 1.54) is 0 Å². The van der Waals surface area contributed by atoms with Gasteiger partial charge >= 0.3 is 0 Å². The Kier molecular flexibility index (Phi) is 3.26. The van der Waals surface area contributed by atoms with Gasteiger partial charge in [0.2, 0.25) is 11.8 Å². The van der Waals surface area contributed by atoms with Crippen LogP contribution in [0.25, 0.3) is 0 Å². The number of carbonyl (C=O) groups is 1. The summed E-state index contributed by atoms with van der Waals surface area (Å²) in [5.41, 5.74) is 5.07. The monoisotopic (exact) mass is 282 g/mol. The van der Waals surface area contributed by atoms with Gasteiger partial charge in [-0.25, -0.2) is 0 Å². The van der Waals surface area contributed by atoms with Crippen LogP contribution in [0.2, 0.25) is 0 Å². The van der Waals surface area contributed by atoms with Crippen molar-refractivity contribution in [2.24, 2.45) is 5.73 Å². The third-order valence-corrected chi connectivity index (χ3v) is 4.88. The second kappa shape index (κ2) is 4.79. The Morgan fingerprint density at radius 1 is 1.47 bits per heavy atom.